The van der Waals surface area contributed by atoms with Crippen LogP contribution in [0.2, 0.25) is 0 Å². The summed E-state index contributed by atoms with van der Waals surface area (Å²) in [6.07, 6.45) is 2.45. The second-order valence-corrected chi connectivity index (χ2v) is 5.09. The van der Waals surface area contributed by atoms with Crippen molar-refractivity contribution in [3.63, 3.8) is 0 Å². The van der Waals surface area contributed by atoms with E-state index in [-0.39, 0.29) is 6.04 Å². The van der Waals surface area contributed by atoms with Gasteiger partial charge in [-0.2, -0.15) is 0 Å². The fourth-order valence-corrected chi connectivity index (χ4v) is 2.65. The SMILES string of the molecule is CCOc1ccc(C(N)C2CCCNC2)cc1C. The van der Waals surface area contributed by atoms with Crippen LogP contribution in [0.5, 0.6) is 5.75 Å². The Bertz CT molecular complexity index is 386. The van der Waals surface area contributed by atoms with Crippen LogP contribution in [0.4, 0.5) is 0 Å². The molecular formula is C15H24N2O. The van der Waals surface area contributed by atoms with Gasteiger partial charge in [0, 0.05) is 6.04 Å². The molecule has 0 spiro atoms. The Balaban J connectivity index is 2.10. The number of rotatable bonds is 4. The van der Waals surface area contributed by atoms with Crippen molar-refractivity contribution in [2.45, 2.75) is 32.7 Å². The molecule has 0 bridgehead atoms. The van der Waals surface area contributed by atoms with E-state index in [0.717, 1.165) is 18.8 Å². The highest BCUT2D eigenvalue weighted by molar-refractivity contribution is 5.37. The molecule has 18 heavy (non-hydrogen) atoms. The van der Waals surface area contributed by atoms with E-state index in [1.165, 1.54) is 24.0 Å². The fourth-order valence-electron chi connectivity index (χ4n) is 2.65. The maximum atomic E-state index is 6.38. The van der Waals surface area contributed by atoms with Crippen LogP contribution in [0.15, 0.2) is 18.2 Å². The van der Waals surface area contributed by atoms with Crippen molar-refractivity contribution >= 4 is 0 Å². The number of nitrogens with one attached hydrogen (secondary N) is 1. The topological polar surface area (TPSA) is 47.3 Å². The molecule has 0 saturated carbocycles. The lowest BCUT2D eigenvalue weighted by molar-refractivity contribution is 0.324. The summed E-state index contributed by atoms with van der Waals surface area (Å²) >= 11 is 0. The molecule has 0 aliphatic carbocycles. The molecule has 1 saturated heterocycles. The summed E-state index contributed by atoms with van der Waals surface area (Å²) in [7, 11) is 0. The van der Waals surface area contributed by atoms with E-state index in [2.05, 4.69) is 24.4 Å². The Morgan fingerprint density at radius 2 is 2.33 bits per heavy atom. The van der Waals surface area contributed by atoms with E-state index in [0.29, 0.717) is 12.5 Å². The number of aryl methyl sites for hydroxylation is 1. The average Bonchev–Trinajstić information content (AvgIpc) is 2.41. The lowest BCUT2D eigenvalue weighted by atomic mass is 9.87. The highest BCUT2D eigenvalue weighted by Gasteiger charge is 2.21. The monoisotopic (exact) mass is 248 g/mol. The summed E-state index contributed by atoms with van der Waals surface area (Å²) in [5.41, 5.74) is 8.78. The lowest BCUT2D eigenvalue weighted by Gasteiger charge is -2.28. The smallest absolute Gasteiger partial charge is 0.122 e. The van der Waals surface area contributed by atoms with Crippen LogP contribution in [-0.4, -0.2) is 19.7 Å². The Kier molecular flexibility index (Phi) is 4.61. The number of nitrogens with two attached hydrogens (primary N) is 1. The van der Waals surface area contributed by atoms with Gasteiger partial charge in [0.05, 0.1) is 6.61 Å². The predicted molar refractivity (Wildman–Crippen MR) is 74.9 cm³/mol. The van der Waals surface area contributed by atoms with Gasteiger partial charge in [-0.15, -0.1) is 0 Å². The number of piperidine rings is 1. The molecule has 2 atom stereocenters. The van der Waals surface area contributed by atoms with E-state index in [1.54, 1.807) is 0 Å². The third-order valence-electron chi connectivity index (χ3n) is 3.73. The number of hydrogen-bond acceptors (Lipinski definition) is 3. The van der Waals surface area contributed by atoms with Crippen molar-refractivity contribution < 1.29 is 4.74 Å². The zero-order chi connectivity index (χ0) is 13.0. The van der Waals surface area contributed by atoms with Crippen LogP contribution in [0.25, 0.3) is 0 Å². The van der Waals surface area contributed by atoms with E-state index in [4.69, 9.17) is 10.5 Å². The number of hydrogen-bond donors (Lipinski definition) is 2. The zero-order valence-electron chi connectivity index (χ0n) is 11.4. The first-order valence-corrected chi connectivity index (χ1v) is 6.92. The fraction of sp³-hybridized carbons (Fsp3) is 0.600. The van der Waals surface area contributed by atoms with Crippen molar-refractivity contribution in [2.24, 2.45) is 11.7 Å². The lowest BCUT2D eigenvalue weighted by Crippen LogP contribution is -2.36. The molecule has 0 amide bonds. The van der Waals surface area contributed by atoms with E-state index in [1.807, 2.05) is 13.0 Å². The summed E-state index contributed by atoms with van der Waals surface area (Å²) < 4.78 is 5.56. The Hall–Kier alpha value is -1.06. The van der Waals surface area contributed by atoms with Crippen molar-refractivity contribution in [1.82, 2.24) is 5.32 Å². The Morgan fingerprint density at radius 1 is 1.50 bits per heavy atom. The maximum Gasteiger partial charge on any atom is 0.122 e. The second-order valence-electron chi connectivity index (χ2n) is 5.09. The number of benzene rings is 1. The van der Waals surface area contributed by atoms with Gasteiger partial charge in [0.15, 0.2) is 0 Å². The van der Waals surface area contributed by atoms with E-state index >= 15 is 0 Å². The van der Waals surface area contributed by atoms with Crippen molar-refractivity contribution in [1.29, 1.82) is 0 Å². The summed E-state index contributed by atoms with van der Waals surface area (Å²) in [5, 5.41) is 3.43. The van der Waals surface area contributed by atoms with Crippen molar-refractivity contribution in [2.75, 3.05) is 19.7 Å². The average molecular weight is 248 g/mol. The van der Waals surface area contributed by atoms with Gasteiger partial charge < -0.3 is 15.8 Å². The van der Waals surface area contributed by atoms with Crippen molar-refractivity contribution in [3.8, 4) is 5.75 Å². The minimum Gasteiger partial charge on any atom is -0.494 e. The first-order chi connectivity index (χ1) is 8.72. The zero-order valence-corrected chi connectivity index (χ0v) is 11.4. The Morgan fingerprint density at radius 3 is 2.94 bits per heavy atom. The molecule has 3 N–H and O–H groups in total. The summed E-state index contributed by atoms with van der Waals surface area (Å²) in [6.45, 7) is 6.96. The van der Waals surface area contributed by atoms with Gasteiger partial charge >= 0.3 is 0 Å². The largest absolute Gasteiger partial charge is 0.494 e. The molecule has 1 heterocycles. The van der Waals surface area contributed by atoms with E-state index in [9.17, 15) is 0 Å². The highest BCUT2D eigenvalue weighted by atomic mass is 16.5. The van der Waals surface area contributed by atoms with Gasteiger partial charge in [-0.25, -0.2) is 0 Å². The Labute approximate surface area is 110 Å². The summed E-state index contributed by atoms with van der Waals surface area (Å²) in [6, 6.07) is 6.46. The minimum absolute atomic E-state index is 0.132. The summed E-state index contributed by atoms with van der Waals surface area (Å²) in [5.74, 6) is 1.52. The van der Waals surface area contributed by atoms with E-state index < -0.39 is 0 Å². The quantitative estimate of drug-likeness (QED) is 0.860. The highest BCUT2D eigenvalue weighted by Crippen LogP contribution is 2.28. The van der Waals surface area contributed by atoms with Gasteiger partial charge in [-0.05, 0) is 62.9 Å². The van der Waals surface area contributed by atoms with Gasteiger partial charge in [-0.3, -0.25) is 0 Å². The van der Waals surface area contributed by atoms with Gasteiger partial charge in [-0.1, -0.05) is 12.1 Å². The maximum absolute atomic E-state index is 6.38. The molecule has 0 radical (unpaired) electrons. The molecule has 1 aromatic rings. The van der Waals surface area contributed by atoms with Crippen molar-refractivity contribution in [3.05, 3.63) is 29.3 Å². The first-order valence-electron chi connectivity index (χ1n) is 6.92. The van der Waals surface area contributed by atoms with Crippen LogP contribution >= 0.6 is 0 Å². The van der Waals surface area contributed by atoms with Crippen LogP contribution in [-0.2, 0) is 0 Å². The first kappa shape index (κ1) is 13.4. The molecule has 1 aliphatic heterocycles. The summed E-state index contributed by atoms with van der Waals surface area (Å²) in [4.78, 5) is 0. The standard InChI is InChI=1S/C15H24N2O/c1-3-18-14-7-6-12(9-11(14)2)15(16)13-5-4-8-17-10-13/h6-7,9,13,15,17H,3-5,8,10,16H2,1-2H3. The minimum atomic E-state index is 0.132. The van der Waals surface area contributed by atoms with Gasteiger partial charge in [0.2, 0.25) is 0 Å². The molecule has 3 nitrogen and oxygen atoms in total. The van der Waals surface area contributed by atoms with Crippen LogP contribution in [0, 0.1) is 12.8 Å². The molecule has 2 unspecified atom stereocenters. The van der Waals surface area contributed by atoms with Gasteiger partial charge in [0.25, 0.3) is 0 Å². The second kappa shape index (κ2) is 6.21. The van der Waals surface area contributed by atoms with Crippen LogP contribution < -0.4 is 15.8 Å². The molecule has 100 valence electrons. The number of ether oxygens (including phenoxy) is 1. The molecular weight excluding hydrogens is 224 g/mol. The van der Waals surface area contributed by atoms with Crippen LogP contribution in [0.3, 0.4) is 0 Å². The third kappa shape index (κ3) is 3.03. The molecule has 1 fully saturated rings. The molecule has 1 aliphatic rings. The van der Waals surface area contributed by atoms with Gasteiger partial charge in [0.1, 0.15) is 5.75 Å². The van der Waals surface area contributed by atoms with Crippen LogP contribution in [0.1, 0.15) is 36.9 Å². The predicted octanol–water partition coefficient (Wildman–Crippen LogP) is 2.39. The molecule has 0 aromatic heterocycles. The normalized spacial score (nSPS) is 21.6. The molecule has 3 heteroatoms. The molecule has 1 aromatic carbocycles. The third-order valence-corrected chi connectivity index (χ3v) is 3.73. The molecule has 2 rings (SSSR count).